The number of rotatable bonds is 2. The molecule has 0 aliphatic rings. The maximum absolute atomic E-state index is 11.2. The van der Waals surface area contributed by atoms with Crippen LogP contribution in [0.5, 0.6) is 0 Å². The molecule has 0 fully saturated rings. The highest BCUT2D eigenvalue weighted by Gasteiger charge is 2.30. The standard InChI is InChI=1S/C6HCl5O4S2/c7-2-1-3(16(10,12)13)6(17(11,14)15)5(9)4(2)8/h1H. The van der Waals surface area contributed by atoms with Crippen molar-refractivity contribution in [2.75, 3.05) is 0 Å². The van der Waals surface area contributed by atoms with Crippen molar-refractivity contribution in [3.63, 3.8) is 0 Å². The highest BCUT2D eigenvalue weighted by atomic mass is 35.7. The van der Waals surface area contributed by atoms with Gasteiger partial charge in [-0.15, -0.1) is 0 Å². The normalized spacial score (nSPS) is 12.8. The van der Waals surface area contributed by atoms with Crippen LogP contribution in [0.2, 0.25) is 15.1 Å². The van der Waals surface area contributed by atoms with E-state index in [-0.39, 0.29) is 10.0 Å². The van der Waals surface area contributed by atoms with Crippen LogP contribution < -0.4 is 0 Å². The summed E-state index contributed by atoms with van der Waals surface area (Å²) in [5, 5.41) is -1.20. The SMILES string of the molecule is O=S(=O)(Cl)c1cc(Cl)c(Cl)c(Cl)c1S(=O)(=O)Cl. The summed E-state index contributed by atoms with van der Waals surface area (Å²) in [4.78, 5) is -1.72. The molecule has 0 spiro atoms. The largest absolute Gasteiger partial charge is 0.264 e. The van der Waals surface area contributed by atoms with Crippen LogP contribution in [0.1, 0.15) is 0 Å². The van der Waals surface area contributed by atoms with Crippen LogP contribution in [-0.4, -0.2) is 16.8 Å². The number of hydrogen-bond acceptors (Lipinski definition) is 4. The molecule has 17 heavy (non-hydrogen) atoms. The molecular formula is C6HCl5O4S2. The molecule has 0 aliphatic heterocycles. The van der Waals surface area contributed by atoms with Crippen molar-refractivity contribution in [1.29, 1.82) is 0 Å². The molecule has 1 aromatic carbocycles. The molecule has 1 rings (SSSR count). The summed E-state index contributed by atoms with van der Waals surface area (Å²) >= 11 is 16.7. The Bertz CT molecular complexity index is 679. The van der Waals surface area contributed by atoms with Crippen LogP contribution in [0.15, 0.2) is 15.9 Å². The Morgan fingerprint density at radius 1 is 0.824 bits per heavy atom. The first-order valence-corrected chi connectivity index (χ1v) is 9.28. The first kappa shape index (κ1) is 15.6. The third kappa shape index (κ3) is 3.32. The van der Waals surface area contributed by atoms with E-state index in [2.05, 4.69) is 0 Å². The van der Waals surface area contributed by atoms with Crippen LogP contribution in [0, 0.1) is 0 Å². The third-order valence-corrected chi connectivity index (χ3v) is 5.81. The quantitative estimate of drug-likeness (QED) is 0.583. The van der Waals surface area contributed by atoms with Crippen molar-refractivity contribution in [3.8, 4) is 0 Å². The topological polar surface area (TPSA) is 68.3 Å². The molecule has 1 aromatic rings. The van der Waals surface area contributed by atoms with Crippen LogP contribution in [0.25, 0.3) is 0 Å². The monoisotopic (exact) mass is 376 g/mol. The second kappa shape index (κ2) is 4.92. The van der Waals surface area contributed by atoms with Gasteiger partial charge in [0.25, 0.3) is 18.1 Å². The van der Waals surface area contributed by atoms with Crippen molar-refractivity contribution in [2.24, 2.45) is 0 Å². The van der Waals surface area contributed by atoms with E-state index in [0.717, 1.165) is 6.07 Å². The zero-order valence-corrected chi connectivity index (χ0v) is 12.8. The number of benzene rings is 1. The smallest absolute Gasteiger partial charge is 0.207 e. The van der Waals surface area contributed by atoms with Gasteiger partial charge < -0.3 is 0 Å². The van der Waals surface area contributed by atoms with Gasteiger partial charge in [0.2, 0.25) is 0 Å². The van der Waals surface area contributed by atoms with Crippen molar-refractivity contribution in [1.82, 2.24) is 0 Å². The van der Waals surface area contributed by atoms with Crippen LogP contribution in [-0.2, 0) is 18.1 Å². The highest BCUT2D eigenvalue weighted by Crippen LogP contribution is 2.41. The average Bonchev–Trinajstić information content (AvgIpc) is 2.09. The molecule has 0 aliphatic carbocycles. The van der Waals surface area contributed by atoms with Crippen molar-refractivity contribution < 1.29 is 16.8 Å². The zero-order chi connectivity index (χ0) is 13.6. The minimum absolute atomic E-state index is 0.264. The molecule has 0 unspecified atom stereocenters. The van der Waals surface area contributed by atoms with Crippen LogP contribution in [0.3, 0.4) is 0 Å². The summed E-state index contributed by atoms with van der Waals surface area (Å²) in [5.41, 5.74) is 0. The van der Waals surface area contributed by atoms with Gasteiger partial charge in [0.05, 0.1) is 15.1 Å². The Morgan fingerprint density at radius 2 is 1.29 bits per heavy atom. The number of halogens is 5. The first-order valence-electron chi connectivity index (χ1n) is 3.53. The molecule has 0 N–H and O–H groups in total. The van der Waals surface area contributed by atoms with E-state index >= 15 is 0 Å². The Balaban J connectivity index is 3.98. The van der Waals surface area contributed by atoms with Gasteiger partial charge in [-0.05, 0) is 6.07 Å². The van der Waals surface area contributed by atoms with Crippen LogP contribution in [0.4, 0.5) is 0 Å². The Hall–Kier alpha value is 0.570. The van der Waals surface area contributed by atoms with Gasteiger partial charge in [0.1, 0.15) is 9.79 Å². The molecular weight excluding hydrogens is 377 g/mol. The summed E-state index contributed by atoms with van der Waals surface area (Å²) in [6, 6.07) is 0.757. The fourth-order valence-corrected chi connectivity index (χ4v) is 5.15. The molecule has 0 saturated heterocycles. The summed E-state index contributed by atoms with van der Waals surface area (Å²) in [6.07, 6.45) is 0. The van der Waals surface area contributed by atoms with Crippen molar-refractivity contribution in [3.05, 3.63) is 21.1 Å². The molecule has 0 heterocycles. The van der Waals surface area contributed by atoms with Gasteiger partial charge in [-0.1, -0.05) is 34.8 Å². The summed E-state index contributed by atoms with van der Waals surface area (Å²) in [6.45, 7) is 0. The van der Waals surface area contributed by atoms with Crippen molar-refractivity contribution in [2.45, 2.75) is 9.79 Å². The Kier molecular flexibility index (Phi) is 4.52. The lowest BCUT2D eigenvalue weighted by atomic mass is 10.3. The first-order chi connectivity index (χ1) is 7.46. The van der Waals surface area contributed by atoms with Gasteiger partial charge in [0.15, 0.2) is 0 Å². The average molecular weight is 378 g/mol. The molecule has 0 radical (unpaired) electrons. The van der Waals surface area contributed by atoms with Gasteiger partial charge >= 0.3 is 0 Å². The van der Waals surface area contributed by atoms with E-state index in [1.165, 1.54) is 0 Å². The predicted octanol–water partition coefficient (Wildman–Crippen LogP) is 3.50. The van der Waals surface area contributed by atoms with E-state index in [0.29, 0.717) is 0 Å². The summed E-state index contributed by atoms with van der Waals surface area (Å²) in [5.74, 6) is 0. The van der Waals surface area contributed by atoms with Crippen LogP contribution >= 0.6 is 56.2 Å². The second-order valence-corrected chi connectivity index (χ2v) is 8.89. The van der Waals surface area contributed by atoms with E-state index in [1.807, 2.05) is 0 Å². The molecule has 0 saturated carbocycles. The molecule has 11 heteroatoms. The molecule has 0 aromatic heterocycles. The van der Waals surface area contributed by atoms with E-state index < -0.39 is 32.9 Å². The number of hydrogen-bond donors (Lipinski definition) is 0. The van der Waals surface area contributed by atoms with Gasteiger partial charge in [-0.25, -0.2) is 16.8 Å². The zero-order valence-electron chi connectivity index (χ0n) is 7.42. The maximum atomic E-state index is 11.2. The van der Waals surface area contributed by atoms with Crippen molar-refractivity contribution >= 4 is 74.3 Å². The fraction of sp³-hybridized carbons (Fsp3) is 0. The molecule has 0 atom stereocenters. The highest BCUT2D eigenvalue weighted by molar-refractivity contribution is 8.16. The third-order valence-electron chi connectivity index (χ3n) is 1.59. The van der Waals surface area contributed by atoms with Gasteiger partial charge in [-0.3, -0.25) is 0 Å². The molecule has 4 nitrogen and oxygen atoms in total. The molecule has 0 amide bonds. The fourth-order valence-electron chi connectivity index (χ4n) is 0.965. The predicted molar refractivity (Wildman–Crippen MR) is 67.5 cm³/mol. The summed E-state index contributed by atoms with van der Waals surface area (Å²) in [7, 11) is 1.27. The van der Waals surface area contributed by atoms with E-state index in [9.17, 15) is 16.8 Å². The Labute approximate surface area is 121 Å². The lowest BCUT2D eigenvalue weighted by Gasteiger charge is -2.08. The second-order valence-electron chi connectivity index (χ2n) is 2.69. The minimum atomic E-state index is -4.45. The lowest BCUT2D eigenvalue weighted by molar-refractivity contribution is 0.597. The van der Waals surface area contributed by atoms with Gasteiger partial charge in [0, 0.05) is 21.4 Å². The maximum Gasteiger partial charge on any atom is 0.264 e. The Morgan fingerprint density at radius 3 is 1.65 bits per heavy atom. The molecule has 96 valence electrons. The minimum Gasteiger partial charge on any atom is -0.207 e. The van der Waals surface area contributed by atoms with E-state index in [1.54, 1.807) is 0 Å². The van der Waals surface area contributed by atoms with Gasteiger partial charge in [-0.2, -0.15) is 0 Å². The summed E-state index contributed by atoms with van der Waals surface area (Å²) < 4.78 is 44.9. The van der Waals surface area contributed by atoms with E-state index in [4.69, 9.17) is 56.2 Å². The molecule has 0 bridgehead atoms. The lowest BCUT2D eigenvalue weighted by Crippen LogP contribution is -2.03.